The molecule has 0 saturated carbocycles. The molecule has 1 fully saturated rings. The largest absolute Gasteiger partial charge is 0.365 e. The molecule has 1 aromatic carbocycles. The van der Waals surface area contributed by atoms with Crippen molar-refractivity contribution in [3.63, 3.8) is 0 Å². The molecule has 1 aliphatic heterocycles. The van der Waals surface area contributed by atoms with Gasteiger partial charge in [-0.25, -0.2) is 4.98 Å². The Morgan fingerprint density at radius 3 is 2.95 bits per heavy atom. The summed E-state index contributed by atoms with van der Waals surface area (Å²) in [7, 11) is 1.93. The number of likely N-dealkylation sites (tertiary alicyclic amines) is 1. The number of nitrogens with one attached hydrogen (secondary N) is 1. The van der Waals surface area contributed by atoms with Gasteiger partial charge in [-0.05, 0) is 37.3 Å². The first-order valence-electron chi connectivity index (χ1n) is 7.72. The lowest BCUT2D eigenvalue weighted by Crippen LogP contribution is -2.35. The highest BCUT2D eigenvalue weighted by Crippen LogP contribution is 2.24. The fourth-order valence-electron chi connectivity index (χ4n) is 3.13. The van der Waals surface area contributed by atoms with Gasteiger partial charge in [0.05, 0.1) is 0 Å². The summed E-state index contributed by atoms with van der Waals surface area (Å²) < 4.78 is 0. The summed E-state index contributed by atoms with van der Waals surface area (Å²) in [6.45, 7) is 3.48. The molecular formula is C17H23N3S. The Morgan fingerprint density at radius 2 is 2.19 bits per heavy atom. The van der Waals surface area contributed by atoms with Crippen molar-refractivity contribution in [2.45, 2.75) is 25.8 Å². The Hall–Kier alpha value is -1.39. The van der Waals surface area contributed by atoms with Crippen LogP contribution in [0.5, 0.6) is 0 Å². The van der Waals surface area contributed by atoms with Gasteiger partial charge in [0.2, 0.25) is 0 Å². The SMILES string of the molecule is CNc1ncc(CN2CCCC(Cc3ccccc3)C2)s1. The lowest BCUT2D eigenvalue weighted by Gasteiger charge is -2.32. The standard InChI is InChI=1S/C17H23N3S/c1-18-17-19-11-16(21-17)13-20-9-5-8-15(12-20)10-14-6-3-2-4-7-14/h2-4,6-7,11,15H,5,8-10,12-13H2,1H3,(H,18,19). The summed E-state index contributed by atoms with van der Waals surface area (Å²) in [5, 5.41) is 4.13. The summed E-state index contributed by atoms with van der Waals surface area (Å²) in [5.74, 6) is 0.790. The van der Waals surface area contributed by atoms with E-state index >= 15 is 0 Å². The molecule has 3 nitrogen and oxygen atoms in total. The van der Waals surface area contributed by atoms with Crippen LogP contribution in [0.15, 0.2) is 36.5 Å². The van der Waals surface area contributed by atoms with Crippen LogP contribution >= 0.6 is 11.3 Å². The van der Waals surface area contributed by atoms with Gasteiger partial charge in [0.25, 0.3) is 0 Å². The van der Waals surface area contributed by atoms with Crippen LogP contribution in [0.4, 0.5) is 5.13 Å². The fourth-order valence-corrected chi connectivity index (χ4v) is 3.93. The average Bonchev–Trinajstić information content (AvgIpc) is 2.96. The molecule has 1 atom stereocenters. The monoisotopic (exact) mass is 301 g/mol. The molecule has 0 aliphatic carbocycles. The highest BCUT2D eigenvalue weighted by atomic mass is 32.1. The van der Waals surface area contributed by atoms with Crippen LogP contribution in [0.2, 0.25) is 0 Å². The van der Waals surface area contributed by atoms with Gasteiger partial charge in [0.15, 0.2) is 5.13 Å². The van der Waals surface area contributed by atoms with Crippen LogP contribution < -0.4 is 5.32 Å². The normalized spacial score (nSPS) is 19.6. The Labute approximate surface area is 131 Å². The summed E-state index contributed by atoms with van der Waals surface area (Å²) in [5.41, 5.74) is 1.47. The molecule has 1 saturated heterocycles. The molecule has 1 unspecified atom stereocenters. The number of hydrogen-bond donors (Lipinski definition) is 1. The third kappa shape index (κ3) is 4.05. The lowest BCUT2D eigenvalue weighted by molar-refractivity contribution is 0.168. The summed E-state index contributed by atoms with van der Waals surface area (Å²) in [4.78, 5) is 8.32. The van der Waals surface area contributed by atoms with E-state index in [2.05, 4.69) is 45.5 Å². The summed E-state index contributed by atoms with van der Waals surface area (Å²) in [6.07, 6.45) is 5.89. The van der Waals surface area contributed by atoms with Crippen LogP contribution in [0.1, 0.15) is 23.3 Å². The third-order valence-electron chi connectivity index (χ3n) is 4.12. The van der Waals surface area contributed by atoms with Crippen LogP contribution in [-0.2, 0) is 13.0 Å². The first-order valence-corrected chi connectivity index (χ1v) is 8.54. The van der Waals surface area contributed by atoms with E-state index in [0.717, 1.165) is 17.6 Å². The van der Waals surface area contributed by atoms with E-state index in [-0.39, 0.29) is 0 Å². The second kappa shape index (κ2) is 7.05. The summed E-state index contributed by atoms with van der Waals surface area (Å²) in [6, 6.07) is 10.9. The van der Waals surface area contributed by atoms with Gasteiger partial charge in [-0.15, -0.1) is 11.3 Å². The van der Waals surface area contributed by atoms with Crippen molar-refractivity contribution in [1.29, 1.82) is 0 Å². The molecule has 1 aromatic heterocycles. The van der Waals surface area contributed by atoms with E-state index in [1.54, 1.807) is 11.3 Å². The number of hydrogen-bond acceptors (Lipinski definition) is 4. The minimum Gasteiger partial charge on any atom is -0.365 e. The molecule has 112 valence electrons. The predicted octanol–water partition coefficient (Wildman–Crippen LogP) is 3.64. The van der Waals surface area contributed by atoms with Crippen molar-refractivity contribution in [2.75, 3.05) is 25.5 Å². The Balaban J connectivity index is 1.55. The van der Waals surface area contributed by atoms with Gasteiger partial charge in [0.1, 0.15) is 0 Å². The summed E-state index contributed by atoms with van der Waals surface area (Å²) >= 11 is 1.77. The number of anilines is 1. The zero-order valence-electron chi connectivity index (χ0n) is 12.6. The molecule has 0 amide bonds. The van der Waals surface area contributed by atoms with Crippen LogP contribution in [0.3, 0.4) is 0 Å². The van der Waals surface area contributed by atoms with Crippen LogP contribution in [0, 0.1) is 5.92 Å². The van der Waals surface area contributed by atoms with E-state index in [4.69, 9.17) is 0 Å². The van der Waals surface area contributed by atoms with Gasteiger partial charge in [-0.2, -0.15) is 0 Å². The number of benzene rings is 1. The molecule has 3 rings (SSSR count). The Kier molecular flexibility index (Phi) is 4.88. The molecule has 4 heteroatoms. The van der Waals surface area contributed by atoms with Gasteiger partial charge in [-0.3, -0.25) is 4.90 Å². The number of aromatic nitrogens is 1. The molecule has 0 bridgehead atoms. The molecule has 1 N–H and O–H groups in total. The topological polar surface area (TPSA) is 28.2 Å². The predicted molar refractivity (Wildman–Crippen MR) is 89.8 cm³/mol. The number of piperidine rings is 1. The zero-order valence-corrected chi connectivity index (χ0v) is 13.4. The van der Waals surface area contributed by atoms with Gasteiger partial charge in [0, 0.05) is 31.2 Å². The highest BCUT2D eigenvalue weighted by molar-refractivity contribution is 7.15. The van der Waals surface area contributed by atoms with Crippen molar-refractivity contribution >= 4 is 16.5 Å². The Bertz CT molecular complexity index is 552. The average molecular weight is 301 g/mol. The molecule has 1 aliphatic rings. The minimum absolute atomic E-state index is 0.790. The van der Waals surface area contributed by atoms with E-state index in [9.17, 15) is 0 Å². The van der Waals surface area contributed by atoms with Crippen molar-refractivity contribution in [3.05, 3.63) is 47.0 Å². The number of nitrogens with zero attached hydrogens (tertiary/aromatic N) is 2. The maximum Gasteiger partial charge on any atom is 0.182 e. The van der Waals surface area contributed by atoms with E-state index in [1.807, 2.05) is 13.2 Å². The van der Waals surface area contributed by atoms with Gasteiger partial charge < -0.3 is 5.32 Å². The molecule has 2 aromatic rings. The van der Waals surface area contributed by atoms with E-state index < -0.39 is 0 Å². The van der Waals surface area contributed by atoms with Crippen LogP contribution in [-0.4, -0.2) is 30.0 Å². The van der Waals surface area contributed by atoms with E-state index in [1.165, 1.54) is 42.8 Å². The first-order chi connectivity index (χ1) is 10.3. The van der Waals surface area contributed by atoms with Crippen molar-refractivity contribution in [2.24, 2.45) is 5.92 Å². The van der Waals surface area contributed by atoms with Gasteiger partial charge in [-0.1, -0.05) is 30.3 Å². The molecule has 0 spiro atoms. The molecule has 0 radical (unpaired) electrons. The smallest absolute Gasteiger partial charge is 0.182 e. The highest BCUT2D eigenvalue weighted by Gasteiger charge is 2.20. The second-order valence-electron chi connectivity index (χ2n) is 5.81. The van der Waals surface area contributed by atoms with Gasteiger partial charge >= 0.3 is 0 Å². The van der Waals surface area contributed by atoms with Crippen molar-refractivity contribution in [3.8, 4) is 0 Å². The van der Waals surface area contributed by atoms with E-state index in [0.29, 0.717) is 0 Å². The van der Waals surface area contributed by atoms with Crippen LogP contribution in [0.25, 0.3) is 0 Å². The fraction of sp³-hybridized carbons (Fsp3) is 0.471. The molecule has 21 heavy (non-hydrogen) atoms. The number of thiazole rings is 1. The lowest BCUT2D eigenvalue weighted by atomic mass is 9.91. The van der Waals surface area contributed by atoms with Crippen molar-refractivity contribution in [1.82, 2.24) is 9.88 Å². The second-order valence-corrected chi connectivity index (χ2v) is 6.93. The maximum absolute atomic E-state index is 4.37. The number of rotatable bonds is 5. The zero-order chi connectivity index (χ0) is 14.5. The molecule has 2 heterocycles. The molecular weight excluding hydrogens is 278 g/mol. The quantitative estimate of drug-likeness (QED) is 0.914. The first kappa shape index (κ1) is 14.5. The third-order valence-corrected chi connectivity index (χ3v) is 5.12. The minimum atomic E-state index is 0.790. The Morgan fingerprint density at radius 1 is 1.33 bits per heavy atom. The maximum atomic E-state index is 4.37. The van der Waals surface area contributed by atoms with Crippen molar-refractivity contribution < 1.29 is 0 Å².